The molecule has 1 fully saturated rings. The third-order valence-corrected chi connectivity index (χ3v) is 4.16. The standard InChI is InChI=1S/C12H15F6NO6/c1-2-3-4-5(7(20)21)9(24,11(13,14)15)19-10(25,12(16,17)18)6(4)8(22)23/h4-6,19,24-25H,2-3H2,1H3,(H,20,21)(H,22,23). The molecule has 0 aromatic rings. The second kappa shape index (κ2) is 6.29. The first-order valence-corrected chi connectivity index (χ1v) is 6.87. The van der Waals surface area contributed by atoms with Crippen LogP contribution in [-0.2, 0) is 9.59 Å². The van der Waals surface area contributed by atoms with Crippen molar-refractivity contribution in [2.24, 2.45) is 17.8 Å². The maximum Gasteiger partial charge on any atom is 0.431 e. The molecule has 0 aromatic heterocycles. The largest absolute Gasteiger partial charge is 0.481 e. The first-order valence-electron chi connectivity index (χ1n) is 6.87. The van der Waals surface area contributed by atoms with E-state index in [-0.39, 0.29) is 6.42 Å². The fourth-order valence-electron chi connectivity index (χ4n) is 3.14. The van der Waals surface area contributed by atoms with E-state index in [1.165, 1.54) is 6.92 Å². The Morgan fingerprint density at radius 2 is 1.24 bits per heavy atom. The molecule has 1 saturated heterocycles. The highest BCUT2D eigenvalue weighted by molar-refractivity contribution is 5.77. The van der Waals surface area contributed by atoms with Crippen molar-refractivity contribution >= 4 is 11.9 Å². The summed E-state index contributed by atoms with van der Waals surface area (Å²) in [7, 11) is 0. The van der Waals surface area contributed by atoms with Crippen LogP contribution in [-0.4, -0.2) is 56.2 Å². The van der Waals surface area contributed by atoms with Crippen molar-refractivity contribution in [1.82, 2.24) is 5.32 Å². The maximum atomic E-state index is 13.2. The van der Waals surface area contributed by atoms with Gasteiger partial charge in [-0.2, -0.15) is 26.3 Å². The summed E-state index contributed by atoms with van der Waals surface area (Å²) in [5.74, 6) is -13.1. The second-order valence-electron chi connectivity index (χ2n) is 5.74. The molecule has 4 unspecified atom stereocenters. The molecule has 4 atom stereocenters. The van der Waals surface area contributed by atoms with Crippen LogP contribution in [0.3, 0.4) is 0 Å². The monoisotopic (exact) mass is 383 g/mol. The molecule has 1 aliphatic heterocycles. The zero-order valence-corrected chi connectivity index (χ0v) is 12.5. The summed E-state index contributed by atoms with van der Waals surface area (Å²) in [5.41, 5.74) is -9.40. The lowest BCUT2D eigenvalue weighted by atomic mass is 9.65. The molecule has 13 heteroatoms. The Hall–Kier alpha value is -1.60. The Morgan fingerprint density at radius 3 is 1.44 bits per heavy atom. The van der Waals surface area contributed by atoms with Gasteiger partial charge in [0.1, 0.15) is 11.8 Å². The van der Waals surface area contributed by atoms with E-state index in [2.05, 4.69) is 0 Å². The summed E-state index contributed by atoms with van der Waals surface area (Å²) in [4.78, 5) is 22.5. The van der Waals surface area contributed by atoms with Crippen LogP contribution in [0.1, 0.15) is 19.8 Å². The molecule has 0 saturated carbocycles. The van der Waals surface area contributed by atoms with Crippen molar-refractivity contribution in [3.05, 3.63) is 0 Å². The van der Waals surface area contributed by atoms with Gasteiger partial charge in [0.2, 0.25) is 11.4 Å². The van der Waals surface area contributed by atoms with Gasteiger partial charge < -0.3 is 20.4 Å². The maximum absolute atomic E-state index is 13.2. The molecule has 0 spiro atoms. The molecule has 1 rings (SSSR count). The Morgan fingerprint density at radius 1 is 0.920 bits per heavy atom. The van der Waals surface area contributed by atoms with Gasteiger partial charge in [-0.15, -0.1) is 0 Å². The lowest BCUT2D eigenvalue weighted by Gasteiger charge is -2.53. The van der Waals surface area contributed by atoms with E-state index in [1.807, 2.05) is 0 Å². The average Bonchev–Trinajstić information content (AvgIpc) is 2.34. The van der Waals surface area contributed by atoms with Crippen molar-refractivity contribution in [2.75, 3.05) is 0 Å². The van der Waals surface area contributed by atoms with Crippen LogP contribution in [0.2, 0.25) is 0 Å². The molecule has 0 aromatic carbocycles. The minimum atomic E-state index is -5.95. The molecule has 25 heavy (non-hydrogen) atoms. The number of halogens is 6. The number of aliphatic hydroxyl groups is 2. The second-order valence-corrected chi connectivity index (χ2v) is 5.74. The van der Waals surface area contributed by atoms with Crippen LogP contribution >= 0.6 is 0 Å². The Labute approximate surface area is 136 Å². The molecule has 0 aliphatic carbocycles. The van der Waals surface area contributed by atoms with Gasteiger partial charge in [-0.1, -0.05) is 13.3 Å². The summed E-state index contributed by atoms with van der Waals surface area (Å²) in [6.45, 7) is 1.26. The van der Waals surface area contributed by atoms with Crippen molar-refractivity contribution in [3.63, 3.8) is 0 Å². The van der Waals surface area contributed by atoms with E-state index in [1.54, 1.807) is 0 Å². The van der Waals surface area contributed by atoms with Gasteiger partial charge in [-0.25, -0.2) is 5.32 Å². The molecule has 0 radical (unpaired) electrons. The van der Waals surface area contributed by atoms with Crippen molar-refractivity contribution in [1.29, 1.82) is 0 Å². The van der Waals surface area contributed by atoms with Gasteiger partial charge in [-0.3, -0.25) is 9.59 Å². The van der Waals surface area contributed by atoms with Gasteiger partial charge in [0.05, 0.1) is 0 Å². The lowest BCUT2D eigenvalue weighted by molar-refractivity contribution is -0.382. The molecule has 1 heterocycles. The SMILES string of the molecule is CCCC1C(C(=O)O)C(O)(C(F)(F)F)NC(O)(C(F)(F)F)C1C(=O)O. The number of hydrogen-bond donors (Lipinski definition) is 5. The molecule has 146 valence electrons. The normalized spacial score (nSPS) is 36.9. The zero-order chi connectivity index (χ0) is 20.0. The fraction of sp³-hybridized carbons (Fsp3) is 0.833. The van der Waals surface area contributed by atoms with Gasteiger partial charge in [0, 0.05) is 0 Å². The molecule has 0 bridgehead atoms. The highest BCUT2D eigenvalue weighted by atomic mass is 19.4. The van der Waals surface area contributed by atoms with Crippen molar-refractivity contribution < 1.29 is 56.4 Å². The van der Waals surface area contributed by atoms with Crippen LogP contribution in [0.4, 0.5) is 26.3 Å². The number of piperidine rings is 1. The van der Waals surface area contributed by atoms with E-state index in [9.17, 15) is 46.1 Å². The van der Waals surface area contributed by atoms with E-state index < -0.39 is 59.9 Å². The number of nitrogens with one attached hydrogen (secondary N) is 1. The predicted molar refractivity (Wildman–Crippen MR) is 65.8 cm³/mol. The van der Waals surface area contributed by atoms with E-state index >= 15 is 0 Å². The molecule has 0 amide bonds. The Balaban J connectivity index is 3.77. The molecular weight excluding hydrogens is 368 g/mol. The van der Waals surface area contributed by atoms with Crippen LogP contribution in [0, 0.1) is 17.8 Å². The van der Waals surface area contributed by atoms with Crippen LogP contribution in [0.5, 0.6) is 0 Å². The lowest BCUT2D eigenvalue weighted by Crippen LogP contribution is -2.82. The Kier molecular flexibility index (Phi) is 5.39. The summed E-state index contributed by atoms with van der Waals surface area (Å²) in [6, 6.07) is 0. The molecule has 5 N–H and O–H groups in total. The number of rotatable bonds is 4. The highest BCUT2D eigenvalue weighted by Gasteiger charge is 2.77. The minimum Gasteiger partial charge on any atom is -0.481 e. The van der Waals surface area contributed by atoms with E-state index in [0.717, 1.165) is 0 Å². The average molecular weight is 383 g/mol. The quantitative estimate of drug-likeness (QED) is 0.457. The Bertz CT molecular complexity index is 507. The van der Waals surface area contributed by atoms with Crippen LogP contribution in [0.15, 0.2) is 0 Å². The number of aliphatic carboxylic acids is 2. The van der Waals surface area contributed by atoms with Crippen molar-refractivity contribution in [3.8, 4) is 0 Å². The summed E-state index contributed by atoms with van der Waals surface area (Å²) in [6.07, 6.45) is -12.8. The third-order valence-electron chi connectivity index (χ3n) is 4.16. The minimum absolute atomic E-state index is 0.194. The highest BCUT2D eigenvalue weighted by Crippen LogP contribution is 2.52. The fourth-order valence-corrected chi connectivity index (χ4v) is 3.14. The smallest absolute Gasteiger partial charge is 0.431 e. The van der Waals surface area contributed by atoms with Gasteiger partial charge in [-0.05, 0) is 12.3 Å². The van der Waals surface area contributed by atoms with Crippen LogP contribution in [0.25, 0.3) is 0 Å². The summed E-state index contributed by atoms with van der Waals surface area (Å²) >= 11 is 0. The first-order chi connectivity index (χ1) is 11.0. The van der Waals surface area contributed by atoms with Gasteiger partial charge in [0.15, 0.2) is 0 Å². The number of alkyl halides is 6. The predicted octanol–water partition coefficient (Wildman–Crippen LogP) is 0.909. The van der Waals surface area contributed by atoms with Crippen LogP contribution < -0.4 is 5.32 Å². The zero-order valence-electron chi connectivity index (χ0n) is 12.5. The van der Waals surface area contributed by atoms with E-state index in [4.69, 9.17) is 10.2 Å². The molecular formula is C12H15F6NO6. The topological polar surface area (TPSA) is 127 Å². The van der Waals surface area contributed by atoms with Gasteiger partial charge >= 0.3 is 24.3 Å². The van der Waals surface area contributed by atoms with Crippen molar-refractivity contribution in [2.45, 2.75) is 43.6 Å². The molecule has 1 aliphatic rings. The number of carbonyl (C=O) groups is 2. The molecule has 7 nitrogen and oxygen atoms in total. The summed E-state index contributed by atoms with van der Waals surface area (Å²) in [5, 5.41) is 38.1. The van der Waals surface area contributed by atoms with Gasteiger partial charge in [0.25, 0.3) is 0 Å². The van der Waals surface area contributed by atoms with E-state index in [0.29, 0.717) is 5.32 Å². The third kappa shape index (κ3) is 3.27. The first kappa shape index (κ1) is 21.4. The number of hydrogen-bond acceptors (Lipinski definition) is 5. The summed E-state index contributed by atoms with van der Waals surface area (Å²) < 4.78 is 79.2. The number of carboxylic acids is 2. The number of carboxylic acid groups (broad SMARTS) is 2.